The minimum Gasteiger partial charge on any atom is -0.476 e. The van der Waals surface area contributed by atoms with Gasteiger partial charge in [0.25, 0.3) is 0 Å². The number of hydrogen-bond donors (Lipinski definition) is 2. The Kier molecular flexibility index (Phi) is 2.70. The largest absolute Gasteiger partial charge is 0.476 e. The molecular formula is C7H10N4O3. The third kappa shape index (κ3) is 1.82. The molecule has 14 heavy (non-hydrogen) atoms. The van der Waals surface area contributed by atoms with Crippen molar-refractivity contribution in [1.82, 2.24) is 9.78 Å². The standard InChI is InChI=1S/C7H10N4O3/c1-11-5(8)3-4(9-11)6(7(12)13)10-14-2/h3H,8H2,1-2H3,(H,12,13). The molecule has 1 aromatic rings. The molecule has 0 spiro atoms. The Hall–Kier alpha value is -2.05. The first-order valence-corrected chi connectivity index (χ1v) is 3.70. The van der Waals surface area contributed by atoms with Gasteiger partial charge in [0.05, 0.1) is 0 Å². The molecule has 0 fully saturated rings. The van der Waals surface area contributed by atoms with Crippen LogP contribution in [-0.2, 0) is 16.7 Å². The highest BCUT2D eigenvalue weighted by Crippen LogP contribution is 2.06. The number of aryl methyl sites for hydroxylation is 1. The molecule has 0 bridgehead atoms. The van der Waals surface area contributed by atoms with Gasteiger partial charge in [-0.2, -0.15) is 5.10 Å². The first-order valence-electron chi connectivity index (χ1n) is 3.70. The van der Waals surface area contributed by atoms with Gasteiger partial charge < -0.3 is 15.7 Å². The molecule has 0 aromatic carbocycles. The van der Waals surface area contributed by atoms with Gasteiger partial charge in [-0.1, -0.05) is 5.16 Å². The van der Waals surface area contributed by atoms with E-state index >= 15 is 0 Å². The van der Waals surface area contributed by atoms with E-state index < -0.39 is 5.97 Å². The van der Waals surface area contributed by atoms with Gasteiger partial charge in [-0.3, -0.25) is 4.68 Å². The average molecular weight is 198 g/mol. The lowest BCUT2D eigenvalue weighted by atomic mass is 10.3. The molecule has 3 N–H and O–H groups in total. The highest BCUT2D eigenvalue weighted by atomic mass is 16.6. The second-order valence-corrected chi connectivity index (χ2v) is 2.51. The maximum absolute atomic E-state index is 10.7. The number of carboxylic acid groups (broad SMARTS) is 1. The first kappa shape index (κ1) is 10.0. The number of oxime groups is 1. The van der Waals surface area contributed by atoms with Crippen molar-refractivity contribution in [2.75, 3.05) is 12.8 Å². The van der Waals surface area contributed by atoms with Crippen LogP contribution in [0.2, 0.25) is 0 Å². The quantitative estimate of drug-likeness (QED) is 0.500. The van der Waals surface area contributed by atoms with Crippen LogP contribution in [0.1, 0.15) is 5.69 Å². The SMILES string of the molecule is CON=C(C(=O)O)c1cc(N)n(C)n1. The molecule has 0 saturated carbocycles. The predicted octanol–water partition coefficient (Wildman–Crippen LogP) is -0.563. The molecule has 0 unspecified atom stereocenters. The molecule has 1 aromatic heterocycles. The minimum atomic E-state index is -1.22. The van der Waals surface area contributed by atoms with Gasteiger partial charge in [0.15, 0.2) is 0 Å². The topological polar surface area (TPSA) is 103 Å². The van der Waals surface area contributed by atoms with Crippen LogP contribution in [0.15, 0.2) is 11.2 Å². The van der Waals surface area contributed by atoms with Gasteiger partial charge in [0.1, 0.15) is 18.6 Å². The molecule has 0 atom stereocenters. The number of anilines is 1. The lowest BCUT2D eigenvalue weighted by Crippen LogP contribution is -2.15. The molecule has 0 amide bonds. The van der Waals surface area contributed by atoms with Crippen molar-refractivity contribution in [3.63, 3.8) is 0 Å². The van der Waals surface area contributed by atoms with Crippen molar-refractivity contribution in [2.24, 2.45) is 12.2 Å². The Labute approximate surface area is 79.8 Å². The van der Waals surface area contributed by atoms with Crippen LogP contribution in [0.25, 0.3) is 0 Å². The lowest BCUT2D eigenvalue weighted by Gasteiger charge is -1.94. The molecule has 7 nitrogen and oxygen atoms in total. The van der Waals surface area contributed by atoms with Crippen molar-refractivity contribution in [1.29, 1.82) is 0 Å². The van der Waals surface area contributed by atoms with Crippen molar-refractivity contribution in [3.8, 4) is 0 Å². The summed E-state index contributed by atoms with van der Waals surface area (Å²) in [4.78, 5) is 15.1. The van der Waals surface area contributed by atoms with Crippen molar-refractivity contribution in [3.05, 3.63) is 11.8 Å². The van der Waals surface area contributed by atoms with Gasteiger partial charge >= 0.3 is 5.97 Å². The third-order valence-corrected chi connectivity index (χ3v) is 1.54. The molecule has 1 rings (SSSR count). The van der Waals surface area contributed by atoms with Gasteiger partial charge in [-0.05, 0) is 0 Å². The monoisotopic (exact) mass is 198 g/mol. The van der Waals surface area contributed by atoms with Gasteiger partial charge in [0.2, 0.25) is 5.71 Å². The second-order valence-electron chi connectivity index (χ2n) is 2.51. The summed E-state index contributed by atoms with van der Waals surface area (Å²) in [7, 11) is 2.86. The van der Waals surface area contributed by atoms with Crippen LogP contribution in [0.3, 0.4) is 0 Å². The molecule has 0 aliphatic rings. The number of carboxylic acids is 1. The Morgan fingerprint density at radius 3 is 2.79 bits per heavy atom. The van der Waals surface area contributed by atoms with E-state index in [4.69, 9.17) is 10.8 Å². The summed E-state index contributed by atoms with van der Waals surface area (Å²) < 4.78 is 1.35. The van der Waals surface area contributed by atoms with Crippen LogP contribution >= 0.6 is 0 Å². The van der Waals surface area contributed by atoms with Crippen molar-refractivity contribution < 1.29 is 14.7 Å². The summed E-state index contributed by atoms with van der Waals surface area (Å²) in [5, 5.41) is 15.9. The summed E-state index contributed by atoms with van der Waals surface area (Å²) in [6, 6.07) is 1.41. The Morgan fingerprint density at radius 1 is 1.79 bits per heavy atom. The maximum atomic E-state index is 10.7. The van der Waals surface area contributed by atoms with E-state index in [1.165, 1.54) is 17.9 Å². The Bertz CT molecular complexity index is 363. The number of aromatic nitrogens is 2. The number of aliphatic carboxylic acids is 1. The number of hydrogen-bond acceptors (Lipinski definition) is 5. The van der Waals surface area contributed by atoms with Crippen molar-refractivity contribution >= 4 is 17.5 Å². The highest BCUT2D eigenvalue weighted by molar-refractivity contribution is 6.41. The first-order chi connectivity index (χ1) is 6.56. The molecular weight excluding hydrogens is 188 g/mol. The number of carbonyl (C=O) groups is 1. The fourth-order valence-electron chi connectivity index (χ4n) is 0.884. The molecule has 1 heterocycles. The number of nitrogens with zero attached hydrogens (tertiary/aromatic N) is 3. The number of nitrogen functional groups attached to an aromatic ring is 1. The molecule has 0 aliphatic carbocycles. The lowest BCUT2D eigenvalue weighted by molar-refractivity contribution is -0.129. The third-order valence-electron chi connectivity index (χ3n) is 1.54. The van der Waals surface area contributed by atoms with E-state index in [9.17, 15) is 4.79 Å². The van der Waals surface area contributed by atoms with E-state index in [2.05, 4.69) is 15.1 Å². The van der Waals surface area contributed by atoms with Gasteiger partial charge in [-0.15, -0.1) is 0 Å². The van der Waals surface area contributed by atoms with Crippen LogP contribution in [-0.4, -0.2) is 33.7 Å². The predicted molar refractivity (Wildman–Crippen MR) is 48.8 cm³/mol. The summed E-state index contributed by atoms with van der Waals surface area (Å²) in [5.74, 6) is -0.866. The van der Waals surface area contributed by atoms with Gasteiger partial charge in [-0.25, -0.2) is 4.79 Å². The average Bonchev–Trinajstić information content (AvgIpc) is 2.42. The molecule has 7 heteroatoms. The molecule has 76 valence electrons. The van der Waals surface area contributed by atoms with Crippen LogP contribution in [0, 0.1) is 0 Å². The van der Waals surface area contributed by atoms with E-state index in [0.29, 0.717) is 5.82 Å². The Morgan fingerprint density at radius 2 is 2.43 bits per heavy atom. The van der Waals surface area contributed by atoms with E-state index in [1.54, 1.807) is 7.05 Å². The van der Waals surface area contributed by atoms with Crippen LogP contribution in [0.4, 0.5) is 5.82 Å². The van der Waals surface area contributed by atoms with E-state index in [1.807, 2.05) is 0 Å². The zero-order chi connectivity index (χ0) is 10.7. The van der Waals surface area contributed by atoms with Crippen LogP contribution in [0.5, 0.6) is 0 Å². The maximum Gasteiger partial charge on any atom is 0.360 e. The summed E-state index contributed by atoms with van der Waals surface area (Å²) in [5.41, 5.74) is 5.37. The number of rotatable bonds is 3. The summed E-state index contributed by atoms with van der Waals surface area (Å²) in [6.07, 6.45) is 0. The molecule has 0 radical (unpaired) electrons. The second kappa shape index (κ2) is 3.77. The zero-order valence-electron chi connectivity index (χ0n) is 7.76. The number of nitrogens with two attached hydrogens (primary N) is 1. The Balaban J connectivity index is 3.12. The highest BCUT2D eigenvalue weighted by Gasteiger charge is 2.17. The fourth-order valence-corrected chi connectivity index (χ4v) is 0.884. The normalized spacial score (nSPS) is 11.4. The molecule has 0 saturated heterocycles. The zero-order valence-corrected chi connectivity index (χ0v) is 7.76. The van der Waals surface area contributed by atoms with E-state index in [-0.39, 0.29) is 11.4 Å². The van der Waals surface area contributed by atoms with Crippen molar-refractivity contribution in [2.45, 2.75) is 0 Å². The minimum absolute atomic E-state index is 0.166. The summed E-state index contributed by atoms with van der Waals surface area (Å²) >= 11 is 0. The fraction of sp³-hybridized carbons (Fsp3) is 0.286. The van der Waals surface area contributed by atoms with E-state index in [0.717, 1.165) is 0 Å². The molecule has 0 aliphatic heterocycles. The smallest absolute Gasteiger partial charge is 0.360 e. The van der Waals surface area contributed by atoms with Crippen LogP contribution < -0.4 is 5.73 Å². The summed E-state index contributed by atoms with van der Waals surface area (Å²) in [6.45, 7) is 0. The van der Waals surface area contributed by atoms with Gasteiger partial charge in [0, 0.05) is 13.1 Å².